The van der Waals surface area contributed by atoms with E-state index < -0.39 is 5.91 Å². The van der Waals surface area contributed by atoms with Crippen molar-refractivity contribution in [2.45, 2.75) is 6.42 Å². The number of nitrogens with zero attached hydrogens (tertiary/aromatic N) is 1. The van der Waals surface area contributed by atoms with Gasteiger partial charge in [-0.2, -0.15) is 0 Å². The van der Waals surface area contributed by atoms with E-state index in [1.807, 2.05) is 24.4 Å². The van der Waals surface area contributed by atoms with Crippen LogP contribution in [0.3, 0.4) is 0 Å². The maximum atomic E-state index is 11.2. The number of hydrogen-bond donors (Lipinski definition) is 1. The zero-order valence-electron chi connectivity index (χ0n) is 9.76. The van der Waals surface area contributed by atoms with Gasteiger partial charge in [-0.15, -0.1) is 0 Å². The molecule has 0 saturated heterocycles. The maximum Gasteiger partial charge on any atom is 0.248 e. The summed E-state index contributed by atoms with van der Waals surface area (Å²) in [5.41, 5.74) is 10.0. The fourth-order valence-corrected chi connectivity index (χ4v) is 2.22. The number of carbonyl (C=O) groups is 1. The Bertz CT molecular complexity index is 659. The smallest absolute Gasteiger partial charge is 0.248 e. The van der Waals surface area contributed by atoms with Crippen molar-refractivity contribution in [1.82, 2.24) is 0 Å². The third kappa shape index (κ3) is 1.70. The average Bonchev–Trinajstić information content (AvgIpc) is 2.57. The van der Waals surface area contributed by atoms with Crippen LogP contribution in [0.2, 0.25) is 0 Å². The summed E-state index contributed by atoms with van der Waals surface area (Å²) in [6.07, 6.45) is 2.67. The highest BCUT2D eigenvalue weighted by atomic mass is 16.1. The van der Waals surface area contributed by atoms with E-state index in [2.05, 4.69) is 17.1 Å². The lowest BCUT2D eigenvalue weighted by Crippen LogP contribution is -2.10. The summed E-state index contributed by atoms with van der Waals surface area (Å²) in [6.45, 7) is 0. The lowest BCUT2D eigenvalue weighted by Gasteiger charge is -2.08. The Morgan fingerprint density at radius 2 is 1.94 bits per heavy atom. The predicted molar refractivity (Wildman–Crippen MR) is 72.3 cm³/mol. The third-order valence-electron chi connectivity index (χ3n) is 3.13. The first-order valence-corrected chi connectivity index (χ1v) is 5.80. The molecule has 1 aliphatic rings. The van der Waals surface area contributed by atoms with Gasteiger partial charge in [-0.05, 0) is 23.3 Å². The highest BCUT2D eigenvalue weighted by Crippen LogP contribution is 2.35. The zero-order valence-corrected chi connectivity index (χ0v) is 9.76. The van der Waals surface area contributed by atoms with Crippen molar-refractivity contribution in [3.8, 4) is 11.1 Å². The third-order valence-corrected chi connectivity index (χ3v) is 3.13. The van der Waals surface area contributed by atoms with Crippen molar-refractivity contribution >= 4 is 17.8 Å². The quantitative estimate of drug-likeness (QED) is 0.813. The van der Waals surface area contributed by atoms with Crippen LogP contribution >= 0.6 is 0 Å². The molecule has 1 amide bonds. The fraction of sp³-hybridized carbons (Fsp3) is 0.0667. The van der Waals surface area contributed by atoms with Gasteiger partial charge in [0.15, 0.2) is 0 Å². The second kappa shape index (κ2) is 4.11. The van der Waals surface area contributed by atoms with Gasteiger partial charge in [-0.25, -0.2) is 0 Å². The van der Waals surface area contributed by atoms with Gasteiger partial charge in [0.25, 0.3) is 0 Å². The van der Waals surface area contributed by atoms with Crippen LogP contribution in [0.5, 0.6) is 0 Å². The minimum atomic E-state index is -0.425. The van der Waals surface area contributed by atoms with Crippen LogP contribution in [-0.4, -0.2) is 12.1 Å². The number of primary amides is 1. The van der Waals surface area contributed by atoms with Crippen LogP contribution in [0.1, 0.15) is 15.9 Å². The molecule has 0 unspecified atom stereocenters. The molecule has 0 radical (unpaired) electrons. The Labute approximate surface area is 105 Å². The summed E-state index contributed by atoms with van der Waals surface area (Å²) in [4.78, 5) is 15.6. The largest absolute Gasteiger partial charge is 0.366 e. The molecule has 2 N–H and O–H groups in total. The lowest BCUT2D eigenvalue weighted by molar-refractivity contribution is 0.100. The molecule has 0 fully saturated rings. The Kier molecular flexibility index (Phi) is 2.45. The molecular formula is C15H12N2O. The highest BCUT2D eigenvalue weighted by Gasteiger charge is 2.13. The molecule has 0 bridgehead atoms. The molecule has 1 aliphatic heterocycles. The Morgan fingerprint density at radius 1 is 1.11 bits per heavy atom. The molecular weight excluding hydrogens is 224 g/mol. The van der Waals surface area contributed by atoms with E-state index in [4.69, 9.17) is 5.73 Å². The number of hydrogen-bond acceptors (Lipinski definition) is 2. The Hall–Kier alpha value is -2.42. The summed E-state index contributed by atoms with van der Waals surface area (Å²) >= 11 is 0. The molecule has 0 spiro atoms. The first-order valence-electron chi connectivity index (χ1n) is 5.80. The topological polar surface area (TPSA) is 55.5 Å². The Morgan fingerprint density at radius 3 is 2.78 bits per heavy atom. The van der Waals surface area contributed by atoms with Crippen LogP contribution in [0.4, 0.5) is 5.69 Å². The van der Waals surface area contributed by atoms with Crippen LogP contribution in [0.25, 0.3) is 11.1 Å². The van der Waals surface area contributed by atoms with Gasteiger partial charge in [0.2, 0.25) is 5.91 Å². The van der Waals surface area contributed by atoms with E-state index in [0.717, 1.165) is 17.7 Å². The minimum absolute atomic E-state index is 0.425. The first-order chi connectivity index (χ1) is 8.75. The molecule has 3 heteroatoms. The van der Waals surface area contributed by atoms with Crippen molar-refractivity contribution in [2.24, 2.45) is 10.7 Å². The summed E-state index contributed by atoms with van der Waals surface area (Å²) < 4.78 is 0. The maximum absolute atomic E-state index is 11.2. The van der Waals surface area contributed by atoms with Crippen molar-refractivity contribution < 1.29 is 4.79 Å². The summed E-state index contributed by atoms with van der Waals surface area (Å²) in [5.74, 6) is -0.425. The van der Waals surface area contributed by atoms with E-state index in [-0.39, 0.29) is 0 Å². The second-order valence-corrected chi connectivity index (χ2v) is 4.27. The molecule has 3 nitrogen and oxygen atoms in total. The van der Waals surface area contributed by atoms with E-state index in [1.165, 1.54) is 11.1 Å². The van der Waals surface area contributed by atoms with Crippen LogP contribution in [-0.2, 0) is 6.42 Å². The van der Waals surface area contributed by atoms with Gasteiger partial charge in [0, 0.05) is 23.8 Å². The number of nitrogens with two attached hydrogens (primary N) is 1. The average molecular weight is 236 g/mol. The number of aliphatic imine (C=N–C) groups is 1. The van der Waals surface area contributed by atoms with E-state index in [0.29, 0.717) is 5.56 Å². The summed E-state index contributed by atoms with van der Waals surface area (Å²) in [6, 6.07) is 13.6. The van der Waals surface area contributed by atoms with Crippen molar-refractivity contribution in [3.63, 3.8) is 0 Å². The van der Waals surface area contributed by atoms with Gasteiger partial charge in [-0.3, -0.25) is 9.79 Å². The second-order valence-electron chi connectivity index (χ2n) is 4.27. The normalized spacial score (nSPS) is 12.4. The molecule has 0 saturated carbocycles. The molecule has 0 aliphatic carbocycles. The van der Waals surface area contributed by atoms with Crippen molar-refractivity contribution in [1.29, 1.82) is 0 Å². The number of fused-ring (bicyclic) bond motifs is 3. The van der Waals surface area contributed by atoms with Gasteiger partial charge >= 0.3 is 0 Å². The zero-order chi connectivity index (χ0) is 12.5. The molecule has 0 atom stereocenters. The fourth-order valence-electron chi connectivity index (χ4n) is 2.22. The van der Waals surface area contributed by atoms with Gasteiger partial charge < -0.3 is 5.73 Å². The number of rotatable bonds is 1. The van der Waals surface area contributed by atoms with Crippen molar-refractivity contribution in [2.75, 3.05) is 0 Å². The molecule has 2 aromatic carbocycles. The summed E-state index contributed by atoms with van der Waals surface area (Å²) in [7, 11) is 0. The molecule has 18 heavy (non-hydrogen) atoms. The van der Waals surface area contributed by atoms with Crippen LogP contribution < -0.4 is 5.73 Å². The molecule has 1 heterocycles. The molecule has 3 rings (SSSR count). The number of carbonyl (C=O) groups excluding carboxylic acids is 1. The lowest BCUT2D eigenvalue weighted by atomic mass is 9.96. The Balaban J connectivity index is 2.24. The highest BCUT2D eigenvalue weighted by molar-refractivity contribution is 5.96. The first kappa shape index (κ1) is 10.7. The van der Waals surface area contributed by atoms with E-state index >= 15 is 0 Å². The predicted octanol–water partition coefficient (Wildman–Crippen LogP) is 2.71. The van der Waals surface area contributed by atoms with Gasteiger partial charge in [0.1, 0.15) is 0 Å². The van der Waals surface area contributed by atoms with Crippen LogP contribution in [0, 0.1) is 0 Å². The molecule has 0 aromatic heterocycles. The van der Waals surface area contributed by atoms with E-state index in [1.54, 1.807) is 12.1 Å². The summed E-state index contributed by atoms with van der Waals surface area (Å²) in [5, 5.41) is 0. The van der Waals surface area contributed by atoms with Gasteiger partial charge in [0.05, 0.1) is 5.69 Å². The molecule has 88 valence electrons. The SMILES string of the molecule is NC(=O)c1ccc2c(c1)N=CCc1ccccc1-2. The van der Waals surface area contributed by atoms with Crippen LogP contribution in [0.15, 0.2) is 47.5 Å². The monoisotopic (exact) mass is 236 g/mol. The number of benzene rings is 2. The minimum Gasteiger partial charge on any atom is -0.366 e. The standard InChI is InChI=1S/C15H12N2O/c16-15(18)11-5-6-13-12-4-2-1-3-10(12)7-8-17-14(13)9-11/h1-6,8-9H,7H2,(H2,16,18). The molecule has 2 aromatic rings. The van der Waals surface area contributed by atoms with Crippen molar-refractivity contribution in [3.05, 3.63) is 53.6 Å². The number of amides is 1. The van der Waals surface area contributed by atoms with Gasteiger partial charge in [-0.1, -0.05) is 30.3 Å². The van der Waals surface area contributed by atoms with E-state index in [9.17, 15) is 4.79 Å².